The molecule has 2 N–H and O–H groups in total. The lowest BCUT2D eigenvalue weighted by Crippen LogP contribution is -2.47. The predicted molar refractivity (Wildman–Crippen MR) is 75.2 cm³/mol. The number of nitrogens with two attached hydrogens (primary N) is 1. The van der Waals surface area contributed by atoms with Crippen molar-refractivity contribution in [1.29, 1.82) is 0 Å². The molecular formula is C15H20N4. The van der Waals surface area contributed by atoms with E-state index in [0.717, 1.165) is 24.4 Å². The molecule has 1 fully saturated rings. The zero-order valence-electron chi connectivity index (χ0n) is 11.3. The van der Waals surface area contributed by atoms with Gasteiger partial charge in [0.25, 0.3) is 0 Å². The Morgan fingerprint density at radius 3 is 2.79 bits per heavy atom. The maximum atomic E-state index is 6.37. The molecule has 1 aromatic carbocycles. The lowest BCUT2D eigenvalue weighted by atomic mass is 9.71. The van der Waals surface area contributed by atoms with Gasteiger partial charge in [-0.25, -0.2) is 0 Å². The summed E-state index contributed by atoms with van der Waals surface area (Å²) >= 11 is 0. The third kappa shape index (κ3) is 2.06. The van der Waals surface area contributed by atoms with E-state index < -0.39 is 0 Å². The second-order valence-electron chi connectivity index (χ2n) is 5.63. The second kappa shape index (κ2) is 4.78. The third-order valence-electron chi connectivity index (χ3n) is 4.37. The molecule has 3 rings (SSSR count). The van der Waals surface area contributed by atoms with Gasteiger partial charge in [-0.2, -0.15) is 0 Å². The molecule has 0 bridgehead atoms. The topological polar surface area (TPSA) is 56.7 Å². The summed E-state index contributed by atoms with van der Waals surface area (Å²) in [6.45, 7) is 2.22. The minimum atomic E-state index is -0.0788. The summed E-state index contributed by atoms with van der Waals surface area (Å²) in [5, 5.41) is 8.48. The number of hydrogen-bond acceptors (Lipinski definition) is 3. The molecule has 19 heavy (non-hydrogen) atoms. The smallest absolute Gasteiger partial charge is 0.144 e. The molecule has 4 heteroatoms. The van der Waals surface area contributed by atoms with Crippen LogP contribution in [-0.4, -0.2) is 20.8 Å². The molecule has 2 atom stereocenters. The van der Waals surface area contributed by atoms with Gasteiger partial charge in [-0.1, -0.05) is 38.0 Å². The Kier molecular flexibility index (Phi) is 3.11. The average molecular weight is 256 g/mol. The Balaban J connectivity index is 2.05. The lowest BCUT2D eigenvalue weighted by molar-refractivity contribution is 0.255. The standard InChI is InChI=1S/C15H20N4/c1-15(10-6-5-9-13(15)16)14-18-17-11-19(14)12-7-3-2-4-8-12/h2-4,7-8,11,13H,5-6,9-10,16H2,1H3. The van der Waals surface area contributed by atoms with E-state index in [1.165, 1.54) is 12.8 Å². The number of aromatic nitrogens is 3. The zero-order chi connectivity index (χ0) is 13.3. The van der Waals surface area contributed by atoms with Crippen LogP contribution in [0, 0.1) is 0 Å². The van der Waals surface area contributed by atoms with Crippen molar-refractivity contribution >= 4 is 0 Å². The highest BCUT2D eigenvalue weighted by molar-refractivity contribution is 5.34. The maximum absolute atomic E-state index is 6.37. The molecule has 100 valence electrons. The normalized spacial score (nSPS) is 27.4. The van der Waals surface area contributed by atoms with Gasteiger partial charge in [0.2, 0.25) is 0 Å². The van der Waals surface area contributed by atoms with Crippen molar-refractivity contribution in [2.75, 3.05) is 0 Å². The fourth-order valence-corrected chi connectivity index (χ4v) is 3.04. The van der Waals surface area contributed by atoms with Crippen molar-refractivity contribution < 1.29 is 0 Å². The zero-order valence-corrected chi connectivity index (χ0v) is 11.3. The molecule has 1 aliphatic carbocycles. The average Bonchev–Trinajstić information content (AvgIpc) is 2.93. The lowest BCUT2D eigenvalue weighted by Gasteiger charge is -2.38. The molecule has 1 heterocycles. The molecule has 0 saturated heterocycles. The summed E-state index contributed by atoms with van der Waals surface area (Å²) in [5.74, 6) is 0.992. The van der Waals surface area contributed by atoms with E-state index in [9.17, 15) is 0 Å². The summed E-state index contributed by atoms with van der Waals surface area (Å²) in [6, 6.07) is 10.4. The van der Waals surface area contributed by atoms with E-state index >= 15 is 0 Å². The minimum absolute atomic E-state index is 0.0788. The van der Waals surface area contributed by atoms with Gasteiger partial charge < -0.3 is 5.73 Å². The van der Waals surface area contributed by atoms with E-state index in [0.29, 0.717) is 0 Å². The van der Waals surface area contributed by atoms with Crippen LogP contribution in [-0.2, 0) is 5.41 Å². The van der Waals surface area contributed by atoms with Gasteiger partial charge >= 0.3 is 0 Å². The van der Waals surface area contributed by atoms with Crippen LogP contribution in [0.25, 0.3) is 5.69 Å². The Bertz CT molecular complexity index is 548. The number of nitrogens with zero attached hydrogens (tertiary/aromatic N) is 3. The summed E-state index contributed by atoms with van der Waals surface area (Å²) < 4.78 is 2.07. The van der Waals surface area contributed by atoms with Crippen molar-refractivity contribution in [3.63, 3.8) is 0 Å². The van der Waals surface area contributed by atoms with Crippen molar-refractivity contribution in [1.82, 2.24) is 14.8 Å². The Labute approximate surface area is 113 Å². The monoisotopic (exact) mass is 256 g/mol. The van der Waals surface area contributed by atoms with E-state index in [1.807, 2.05) is 18.2 Å². The van der Waals surface area contributed by atoms with E-state index in [2.05, 4.69) is 33.8 Å². The number of para-hydroxylation sites is 1. The van der Waals surface area contributed by atoms with Gasteiger partial charge in [-0.3, -0.25) is 4.57 Å². The molecule has 0 radical (unpaired) electrons. The summed E-state index contributed by atoms with van der Waals surface area (Å²) in [6.07, 6.45) is 6.37. The van der Waals surface area contributed by atoms with Gasteiger partial charge in [0.1, 0.15) is 12.2 Å². The van der Waals surface area contributed by atoms with E-state index in [-0.39, 0.29) is 11.5 Å². The highest BCUT2D eigenvalue weighted by Crippen LogP contribution is 2.37. The third-order valence-corrected chi connectivity index (χ3v) is 4.37. The van der Waals surface area contributed by atoms with Crippen LogP contribution < -0.4 is 5.73 Å². The number of rotatable bonds is 2. The first-order valence-electron chi connectivity index (χ1n) is 6.93. The molecule has 0 aliphatic heterocycles. The maximum Gasteiger partial charge on any atom is 0.144 e. The molecule has 1 aliphatic rings. The van der Waals surface area contributed by atoms with Crippen LogP contribution in [0.3, 0.4) is 0 Å². The fourth-order valence-electron chi connectivity index (χ4n) is 3.04. The quantitative estimate of drug-likeness (QED) is 0.897. The molecule has 4 nitrogen and oxygen atoms in total. The Morgan fingerprint density at radius 2 is 2.05 bits per heavy atom. The molecular weight excluding hydrogens is 236 g/mol. The van der Waals surface area contributed by atoms with Gasteiger partial charge in [0.05, 0.1) is 0 Å². The second-order valence-corrected chi connectivity index (χ2v) is 5.63. The Morgan fingerprint density at radius 1 is 1.26 bits per heavy atom. The largest absolute Gasteiger partial charge is 0.327 e. The van der Waals surface area contributed by atoms with Gasteiger partial charge in [-0.05, 0) is 25.0 Å². The molecule has 1 aromatic heterocycles. The first-order chi connectivity index (χ1) is 9.22. The van der Waals surface area contributed by atoms with Crippen LogP contribution in [0.5, 0.6) is 0 Å². The van der Waals surface area contributed by atoms with Crippen LogP contribution >= 0.6 is 0 Å². The SMILES string of the molecule is CC1(c2nncn2-c2ccccc2)CCCCC1N. The number of hydrogen-bond donors (Lipinski definition) is 1. The highest BCUT2D eigenvalue weighted by Gasteiger charge is 2.39. The summed E-state index contributed by atoms with van der Waals surface area (Å²) in [5.41, 5.74) is 7.39. The first kappa shape index (κ1) is 12.4. The van der Waals surface area contributed by atoms with Gasteiger partial charge in [0, 0.05) is 17.1 Å². The Hall–Kier alpha value is -1.68. The van der Waals surface area contributed by atoms with Crippen molar-refractivity contribution in [2.24, 2.45) is 5.73 Å². The summed E-state index contributed by atoms with van der Waals surface area (Å²) in [4.78, 5) is 0. The van der Waals surface area contributed by atoms with E-state index in [4.69, 9.17) is 5.73 Å². The van der Waals surface area contributed by atoms with Crippen molar-refractivity contribution in [2.45, 2.75) is 44.1 Å². The molecule has 1 saturated carbocycles. The predicted octanol–water partition coefficient (Wildman–Crippen LogP) is 2.43. The number of benzene rings is 1. The van der Waals surface area contributed by atoms with E-state index in [1.54, 1.807) is 6.33 Å². The van der Waals surface area contributed by atoms with Crippen molar-refractivity contribution in [3.05, 3.63) is 42.5 Å². The molecule has 2 unspecified atom stereocenters. The highest BCUT2D eigenvalue weighted by atomic mass is 15.3. The fraction of sp³-hybridized carbons (Fsp3) is 0.467. The molecule has 0 spiro atoms. The van der Waals surface area contributed by atoms with Gasteiger partial charge in [-0.15, -0.1) is 10.2 Å². The van der Waals surface area contributed by atoms with Crippen molar-refractivity contribution in [3.8, 4) is 5.69 Å². The van der Waals surface area contributed by atoms with Crippen LogP contribution in [0.4, 0.5) is 0 Å². The minimum Gasteiger partial charge on any atom is -0.327 e. The van der Waals surface area contributed by atoms with Crippen LogP contribution in [0.1, 0.15) is 38.4 Å². The van der Waals surface area contributed by atoms with Crippen LogP contribution in [0.15, 0.2) is 36.7 Å². The molecule has 2 aromatic rings. The van der Waals surface area contributed by atoms with Gasteiger partial charge in [0.15, 0.2) is 0 Å². The first-order valence-corrected chi connectivity index (χ1v) is 6.93. The van der Waals surface area contributed by atoms with Crippen LogP contribution in [0.2, 0.25) is 0 Å². The summed E-state index contributed by atoms with van der Waals surface area (Å²) in [7, 11) is 0. The molecule has 0 amide bonds.